The quantitative estimate of drug-likeness (QED) is 0.157. The number of carbonyl (C=O) groups excluding carboxylic acids is 2. The van der Waals surface area contributed by atoms with Gasteiger partial charge in [-0.2, -0.15) is 0 Å². The van der Waals surface area contributed by atoms with Crippen molar-refractivity contribution in [3.05, 3.63) is 11.6 Å². The van der Waals surface area contributed by atoms with Gasteiger partial charge in [0.1, 0.15) is 30.0 Å². The lowest BCUT2D eigenvalue weighted by molar-refractivity contribution is -0.118. The number of carbonyl (C=O) groups is 2. The minimum Gasteiger partial charge on any atom is -0.447 e. The summed E-state index contributed by atoms with van der Waals surface area (Å²) in [6.07, 6.45) is 6.68. The molecule has 224 valence electrons. The van der Waals surface area contributed by atoms with E-state index in [4.69, 9.17) is 29.4 Å². The molecule has 3 unspecified atom stereocenters. The average Bonchev–Trinajstić information content (AvgIpc) is 3.80. The molecule has 10 heteroatoms. The van der Waals surface area contributed by atoms with Crippen LogP contribution in [0.3, 0.4) is 0 Å². The number of unbranched alkanes of at least 4 members (excludes halogenated alkanes) is 3. The van der Waals surface area contributed by atoms with Gasteiger partial charge in [-0.25, -0.2) is 9.59 Å². The van der Waals surface area contributed by atoms with Gasteiger partial charge in [0.2, 0.25) is 0 Å². The summed E-state index contributed by atoms with van der Waals surface area (Å²) in [6, 6.07) is -0.385. The second-order valence-corrected chi connectivity index (χ2v) is 12.0. The molecule has 0 aromatic carbocycles. The minimum atomic E-state index is -0.543. The van der Waals surface area contributed by atoms with Crippen LogP contribution in [-0.4, -0.2) is 81.2 Å². The molecule has 7 atom stereocenters. The fraction of sp³-hybridized carbons (Fsp3) is 0.862. The predicted molar refractivity (Wildman–Crippen MR) is 148 cm³/mol. The summed E-state index contributed by atoms with van der Waals surface area (Å²) in [6.45, 7) is 12.2. The standard InChI is InChI=1S/C29H51N3O7/c1-19(2)11-12-23-28(5,39-23)25-24(35-6)22(13-14-29(25)18-37-29)38-27(34)32-21(20(3)4)17-36-26(33)31-16-10-8-7-9-15-30/h11,20-25H,7-10,12-18,30H2,1-6H3,(H,31,33)(H,32,34)/t21-,22?,23+,24?,25?,28-,29-/m0/s1. The lowest BCUT2D eigenvalue weighted by Gasteiger charge is -2.42. The lowest BCUT2D eigenvalue weighted by Crippen LogP contribution is -2.56. The third-order valence-electron chi connectivity index (χ3n) is 8.40. The number of rotatable bonds is 15. The van der Waals surface area contributed by atoms with Gasteiger partial charge < -0.3 is 40.1 Å². The maximum Gasteiger partial charge on any atom is 0.407 e. The van der Waals surface area contributed by atoms with Crippen LogP contribution in [0.2, 0.25) is 0 Å². The first-order valence-corrected chi connectivity index (χ1v) is 14.6. The van der Waals surface area contributed by atoms with Gasteiger partial charge in [0.05, 0.1) is 24.7 Å². The van der Waals surface area contributed by atoms with E-state index in [-0.39, 0.29) is 42.3 Å². The molecule has 4 N–H and O–H groups in total. The Kier molecular flexibility index (Phi) is 11.5. The van der Waals surface area contributed by atoms with Crippen LogP contribution in [0.25, 0.3) is 0 Å². The van der Waals surface area contributed by atoms with Crippen molar-refractivity contribution in [1.82, 2.24) is 10.6 Å². The third-order valence-corrected chi connectivity index (χ3v) is 8.40. The van der Waals surface area contributed by atoms with E-state index in [1.54, 1.807) is 7.11 Å². The number of alkyl carbamates (subject to hydrolysis) is 2. The van der Waals surface area contributed by atoms with Crippen LogP contribution in [0.15, 0.2) is 11.6 Å². The van der Waals surface area contributed by atoms with Gasteiger partial charge >= 0.3 is 12.2 Å². The third kappa shape index (κ3) is 8.55. The fourth-order valence-corrected chi connectivity index (χ4v) is 5.82. The molecule has 1 saturated carbocycles. The molecule has 0 aromatic heterocycles. The highest BCUT2D eigenvalue weighted by Crippen LogP contribution is 2.59. The van der Waals surface area contributed by atoms with Gasteiger partial charge in [0.25, 0.3) is 0 Å². The number of nitrogens with one attached hydrogen (secondary N) is 2. The number of allylic oxidation sites excluding steroid dienone is 1. The molecule has 2 heterocycles. The Bertz CT molecular complexity index is 843. The first-order chi connectivity index (χ1) is 18.6. The molecule has 39 heavy (non-hydrogen) atoms. The van der Waals surface area contributed by atoms with Crippen molar-refractivity contribution < 1.29 is 33.3 Å². The molecule has 2 amide bonds. The van der Waals surface area contributed by atoms with Crippen molar-refractivity contribution in [3.8, 4) is 0 Å². The molecular weight excluding hydrogens is 502 g/mol. The highest BCUT2D eigenvalue weighted by molar-refractivity contribution is 5.69. The number of hydrogen-bond acceptors (Lipinski definition) is 8. The predicted octanol–water partition coefficient (Wildman–Crippen LogP) is 4.06. The zero-order valence-corrected chi connectivity index (χ0v) is 24.8. The lowest BCUT2D eigenvalue weighted by atomic mass is 9.68. The highest BCUT2D eigenvalue weighted by Gasteiger charge is 2.72. The second-order valence-electron chi connectivity index (χ2n) is 12.0. The summed E-state index contributed by atoms with van der Waals surface area (Å²) in [5.41, 5.74) is 6.08. The highest BCUT2D eigenvalue weighted by atomic mass is 16.6. The van der Waals surface area contributed by atoms with E-state index < -0.39 is 23.9 Å². The van der Waals surface area contributed by atoms with Gasteiger partial charge in [0, 0.05) is 13.7 Å². The zero-order valence-electron chi connectivity index (χ0n) is 24.8. The molecule has 0 radical (unpaired) electrons. The Morgan fingerprint density at radius 3 is 2.49 bits per heavy atom. The van der Waals surface area contributed by atoms with E-state index in [1.165, 1.54) is 5.57 Å². The molecular formula is C29H51N3O7. The normalized spacial score (nSPS) is 31.9. The molecule has 1 spiro atoms. The maximum atomic E-state index is 13.0. The molecule has 0 bridgehead atoms. The number of amides is 2. The van der Waals surface area contributed by atoms with Crippen molar-refractivity contribution in [2.24, 2.45) is 17.6 Å². The Morgan fingerprint density at radius 1 is 1.15 bits per heavy atom. The maximum absolute atomic E-state index is 13.0. The summed E-state index contributed by atoms with van der Waals surface area (Å²) in [7, 11) is 1.66. The van der Waals surface area contributed by atoms with E-state index in [1.807, 2.05) is 13.8 Å². The topological polar surface area (TPSA) is 137 Å². The van der Waals surface area contributed by atoms with Crippen LogP contribution in [-0.2, 0) is 23.7 Å². The zero-order chi connectivity index (χ0) is 28.6. The van der Waals surface area contributed by atoms with Crippen molar-refractivity contribution in [2.45, 2.75) is 115 Å². The molecule has 2 saturated heterocycles. The largest absolute Gasteiger partial charge is 0.447 e. The van der Waals surface area contributed by atoms with Crippen LogP contribution in [0.5, 0.6) is 0 Å². The summed E-state index contributed by atoms with van der Waals surface area (Å²) in [5.74, 6) is -0.00275. The number of ether oxygens (including phenoxy) is 5. The Balaban J connectivity index is 1.51. The van der Waals surface area contributed by atoms with Gasteiger partial charge in [0.15, 0.2) is 0 Å². The SMILES string of the molecule is COC1C(OC(=O)N[C@@H](COC(=O)NCCCCCCN)C(C)C)CC[C@]2(CO2)C1[C@@]1(C)O[C@@H]1CC=C(C)C. The first kappa shape index (κ1) is 31.6. The van der Waals surface area contributed by atoms with Gasteiger partial charge in [-0.1, -0.05) is 38.3 Å². The average molecular weight is 554 g/mol. The Labute approximate surface area is 234 Å². The van der Waals surface area contributed by atoms with Crippen molar-refractivity contribution in [3.63, 3.8) is 0 Å². The van der Waals surface area contributed by atoms with Gasteiger partial charge in [-0.05, 0) is 65.3 Å². The number of methoxy groups -OCH3 is 1. The molecule has 3 fully saturated rings. The van der Waals surface area contributed by atoms with Crippen LogP contribution >= 0.6 is 0 Å². The van der Waals surface area contributed by atoms with E-state index in [9.17, 15) is 9.59 Å². The van der Waals surface area contributed by atoms with Crippen LogP contribution in [0.4, 0.5) is 9.59 Å². The van der Waals surface area contributed by atoms with Gasteiger partial charge in [-0.15, -0.1) is 0 Å². The van der Waals surface area contributed by atoms with Crippen LogP contribution in [0.1, 0.15) is 79.6 Å². The molecule has 2 aliphatic heterocycles. The number of nitrogens with two attached hydrogens (primary N) is 1. The monoisotopic (exact) mass is 553 g/mol. The smallest absolute Gasteiger partial charge is 0.407 e. The molecule has 0 aromatic rings. The van der Waals surface area contributed by atoms with Crippen molar-refractivity contribution in [1.29, 1.82) is 0 Å². The molecule has 10 nitrogen and oxygen atoms in total. The summed E-state index contributed by atoms with van der Waals surface area (Å²) in [5, 5.41) is 5.66. The van der Waals surface area contributed by atoms with Crippen LogP contribution < -0.4 is 16.4 Å². The molecule has 1 aliphatic carbocycles. The number of hydrogen-bond donors (Lipinski definition) is 3. The summed E-state index contributed by atoms with van der Waals surface area (Å²) < 4.78 is 29.5. The van der Waals surface area contributed by atoms with Crippen molar-refractivity contribution in [2.75, 3.05) is 33.4 Å². The van der Waals surface area contributed by atoms with E-state index in [0.717, 1.165) is 38.5 Å². The molecule has 3 aliphatic rings. The Morgan fingerprint density at radius 2 is 1.87 bits per heavy atom. The first-order valence-electron chi connectivity index (χ1n) is 14.6. The van der Waals surface area contributed by atoms with Crippen LogP contribution in [0, 0.1) is 11.8 Å². The van der Waals surface area contributed by atoms with E-state index in [2.05, 4.69) is 37.5 Å². The minimum absolute atomic E-state index is 0.0386. The van der Waals surface area contributed by atoms with Gasteiger partial charge in [-0.3, -0.25) is 0 Å². The Hall–Kier alpha value is -1.88. The molecule has 3 rings (SSSR count). The second kappa shape index (κ2) is 14.1. The van der Waals surface area contributed by atoms with Crippen molar-refractivity contribution >= 4 is 12.2 Å². The van der Waals surface area contributed by atoms with E-state index >= 15 is 0 Å². The van der Waals surface area contributed by atoms with E-state index in [0.29, 0.717) is 26.1 Å². The fourth-order valence-electron chi connectivity index (χ4n) is 5.82. The summed E-state index contributed by atoms with van der Waals surface area (Å²) in [4.78, 5) is 25.1. The number of epoxide rings is 2. The summed E-state index contributed by atoms with van der Waals surface area (Å²) >= 11 is 0.